The summed E-state index contributed by atoms with van der Waals surface area (Å²) in [6, 6.07) is 1.43. The molecule has 0 fully saturated rings. The smallest absolute Gasteiger partial charge is 0.282 e. The molecule has 5 nitrogen and oxygen atoms in total. The van der Waals surface area contributed by atoms with Crippen molar-refractivity contribution in [2.45, 2.75) is 31.1 Å². The highest BCUT2D eigenvalue weighted by atomic mass is 32.2. The second-order valence-corrected chi connectivity index (χ2v) is 5.76. The van der Waals surface area contributed by atoms with E-state index in [2.05, 4.69) is 9.98 Å². The third-order valence-corrected chi connectivity index (χ3v) is 3.81. The van der Waals surface area contributed by atoms with Crippen LogP contribution < -0.4 is 0 Å². The molecule has 0 radical (unpaired) electrons. The first-order valence-corrected chi connectivity index (χ1v) is 6.21. The number of aromatic nitrogens is 1. The summed E-state index contributed by atoms with van der Waals surface area (Å²) in [5.41, 5.74) is 1.26. The predicted molar refractivity (Wildman–Crippen MR) is 59.8 cm³/mol. The second kappa shape index (κ2) is 3.11. The average molecular weight is 240 g/mol. The van der Waals surface area contributed by atoms with Crippen LogP contribution >= 0.6 is 0 Å². The van der Waals surface area contributed by atoms with Crippen LogP contribution in [0.1, 0.15) is 26.3 Å². The van der Waals surface area contributed by atoms with Crippen molar-refractivity contribution < 1.29 is 13.0 Å². The lowest BCUT2D eigenvalue weighted by molar-refractivity contribution is 0.482. The first-order chi connectivity index (χ1) is 7.23. The van der Waals surface area contributed by atoms with Crippen LogP contribution in [0.3, 0.4) is 0 Å². The van der Waals surface area contributed by atoms with Crippen LogP contribution in [0.5, 0.6) is 0 Å². The maximum absolute atomic E-state index is 11.0. The van der Waals surface area contributed by atoms with Crippen LogP contribution in [0.15, 0.2) is 22.2 Å². The minimum absolute atomic E-state index is 0.191. The van der Waals surface area contributed by atoms with E-state index in [9.17, 15) is 8.42 Å². The highest BCUT2D eigenvalue weighted by molar-refractivity contribution is 7.85. The van der Waals surface area contributed by atoms with Gasteiger partial charge in [-0.3, -0.25) is 4.55 Å². The van der Waals surface area contributed by atoms with Gasteiger partial charge in [-0.15, -0.1) is 0 Å². The minimum Gasteiger partial charge on any atom is -0.282 e. The quantitative estimate of drug-likeness (QED) is 0.758. The Morgan fingerprint density at radius 2 is 2.00 bits per heavy atom. The molecule has 0 saturated carbocycles. The van der Waals surface area contributed by atoms with Gasteiger partial charge in [-0.05, 0) is 13.0 Å². The van der Waals surface area contributed by atoms with Crippen molar-refractivity contribution in [3.8, 4) is 0 Å². The molecule has 1 N–H and O–H groups in total. The molecule has 1 aliphatic rings. The maximum Gasteiger partial charge on any atom is 0.296 e. The van der Waals surface area contributed by atoms with Crippen LogP contribution in [0.25, 0.3) is 0 Å². The number of aliphatic imine (C=N–C) groups is 1. The highest BCUT2D eigenvalue weighted by Gasteiger charge is 2.34. The van der Waals surface area contributed by atoms with Gasteiger partial charge in [0.1, 0.15) is 4.90 Å². The monoisotopic (exact) mass is 240 g/mol. The Kier molecular flexibility index (Phi) is 2.18. The second-order valence-electron chi connectivity index (χ2n) is 4.34. The molecular weight excluding hydrogens is 228 g/mol. The van der Waals surface area contributed by atoms with E-state index in [4.69, 9.17) is 4.55 Å². The Morgan fingerprint density at radius 1 is 1.38 bits per heavy atom. The first kappa shape index (κ1) is 11.2. The van der Waals surface area contributed by atoms with Gasteiger partial charge in [0.2, 0.25) is 0 Å². The summed E-state index contributed by atoms with van der Waals surface area (Å²) in [5, 5.41) is 0. The van der Waals surface area contributed by atoms with Crippen LogP contribution in [0.4, 0.5) is 5.82 Å². The summed E-state index contributed by atoms with van der Waals surface area (Å²) >= 11 is 0. The molecule has 86 valence electrons. The molecule has 0 aromatic carbocycles. The van der Waals surface area contributed by atoms with E-state index >= 15 is 0 Å². The van der Waals surface area contributed by atoms with Crippen molar-refractivity contribution in [2.24, 2.45) is 4.99 Å². The normalized spacial score (nSPS) is 18.1. The largest absolute Gasteiger partial charge is 0.296 e. The van der Waals surface area contributed by atoms with Gasteiger partial charge in [0, 0.05) is 16.7 Å². The number of fused-ring (bicyclic) bond motifs is 1. The summed E-state index contributed by atoms with van der Waals surface area (Å²) < 4.78 is 31.0. The SMILES string of the molecule is CC1=Nc2ncc(S(=O)(=O)O)cc2C1(C)C. The van der Waals surface area contributed by atoms with Crippen LogP contribution in [0.2, 0.25) is 0 Å². The zero-order valence-electron chi connectivity index (χ0n) is 9.22. The molecule has 0 spiro atoms. The first-order valence-electron chi connectivity index (χ1n) is 4.77. The predicted octanol–water partition coefficient (Wildman–Crippen LogP) is 1.71. The Bertz CT molecular complexity index is 588. The summed E-state index contributed by atoms with van der Waals surface area (Å²) in [6.45, 7) is 5.75. The molecular formula is C10H12N2O3S. The molecule has 1 aliphatic heterocycles. The fraction of sp³-hybridized carbons (Fsp3) is 0.400. The molecule has 2 heterocycles. The van der Waals surface area contributed by atoms with Crippen molar-refractivity contribution >= 4 is 21.6 Å². The summed E-state index contributed by atoms with van der Waals surface area (Å²) in [6.07, 6.45) is 1.12. The van der Waals surface area contributed by atoms with E-state index in [1.165, 1.54) is 6.07 Å². The average Bonchev–Trinajstić information content (AvgIpc) is 2.37. The van der Waals surface area contributed by atoms with Gasteiger partial charge in [0.05, 0.1) is 6.20 Å². The van der Waals surface area contributed by atoms with E-state index in [0.717, 1.165) is 17.5 Å². The molecule has 0 saturated heterocycles. The number of nitrogens with zero attached hydrogens (tertiary/aromatic N) is 2. The lowest BCUT2D eigenvalue weighted by Gasteiger charge is -2.19. The van der Waals surface area contributed by atoms with E-state index < -0.39 is 10.1 Å². The van der Waals surface area contributed by atoms with E-state index in [1.54, 1.807) is 0 Å². The van der Waals surface area contributed by atoms with Gasteiger partial charge in [0.25, 0.3) is 10.1 Å². The van der Waals surface area contributed by atoms with Crippen LogP contribution in [-0.2, 0) is 15.5 Å². The lowest BCUT2D eigenvalue weighted by Crippen LogP contribution is -2.23. The fourth-order valence-corrected chi connectivity index (χ4v) is 2.07. The van der Waals surface area contributed by atoms with Crippen molar-refractivity contribution in [1.82, 2.24) is 4.98 Å². The van der Waals surface area contributed by atoms with Gasteiger partial charge < -0.3 is 0 Å². The molecule has 6 heteroatoms. The van der Waals surface area contributed by atoms with Crippen molar-refractivity contribution in [3.05, 3.63) is 17.8 Å². The zero-order valence-corrected chi connectivity index (χ0v) is 10.0. The highest BCUT2D eigenvalue weighted by Crippen LogP contribution is 2.39. The van der Waals surface area contributed by atoms with Gasteiger partial charge in [-0.25, -0.2) is 9.98 Å². The Balaban J connectivity index is 2.66. The van der Waals surface area contributed by atoms with Gasteiger partial charge in [0.15, 0.2) is 5.82 Å². The van der Waals surface area contributed by atoms with Crippen molar-refractivity contribution in [1.29, 1.82) is 0 Å². The molecule has 0 unspecified atom stereocenters. The summed E-state index contributed by atoms with van der Waals surface area (Å²) in [7, 11) is -4.21. The van der Waals surface area contributed by atoms with Gasteiger partial charge in [-0.1, -0.05) is 13.8 Å². The van der Waals surface area contributed by atoms with Crippen LogP contribution in [0, 0.1) is 0 Å². The molecule has 1 aromatic rings. The number of rotatable bonds is 1. The Morgan fingerprint density at radius 3 is 2.56 bits per heavy atom. The van der Waals surface area contributed by atoms with E-state index in [-0.39, 0.29) is 10.3 Å². The molecule has 16 heavy (non-hydrogen) atoms. The van der Waals surface area contributed by atoms with Gasteiger partial charge >= 0.3 is 0 Å². The third kappa shape index (κ3) is 1.54. The van der Waals surface area contributed by atoms with Crippen molar-refractivity contribution in [2.75, 3.05) is 0 Å². The summed E-state index contributed by atoms with van der Waals surface area (Å²) in [5.74, 6) is 0.523. The molecule has 0 amide bonds. The Hall–Kier alpha value is -1.27. The van der Waals surface area contributed by atoms with Crippen molar-refractivity contribution in [3.63, 3.8) is 0 Å². The number of pyridine rings is 1. The number of hydrogen-bond donors (Lipinski definition) is 1. The van der Waals surface area contributed by atoms with Gasteiger partial charge in [-0.2, -0.15) is 8.42 Å². The van der Waals surface area contributed by atoms with E-state index in [1.807, 2.05) is 20.8 Å². The Labute approximate surface area is 94.0 Å². The topological polar surface area (TPSA) is 79.6 Å². The molecule has 0 bridgehead atoms. The molecule has 2 rings (SSSR count). The standard InChI is InChI=1S/C10H12N2O3S/c1-6-10(2,3)8-4-7(16(13,14)15)5-11-9(8)12-6/h4-5H,1-3H3,(H,13,14,15). The lowest BCUT2D eigenvalue weighted by atomic mass is 9.83. The molecule has 0 aliphatic carbocycles. The fourth-order valence-electron chi connectivity index (χ4n) is 1.62. The molecule has 1 aromatic heterocycles. The maximum atomic E-state index is 11.0. The zero-order chi connectivity index (χ0) is 12.1. The number of hydrogen-bond acceptors (Lipinski definition) is 4. The summed E-state index contributed by atoms with van der Waals surface area (Å²) in [4.78, 5) is 8.01. The van der Waals surface area contributed by atoms with Crippen LogP contribution in [-0.4, -0.2) is 23.7 Å². The third-order valence-electron chi connectivity index (χ3n) is 2.99. The minimum atomic E-state index is -4.21. The molecule has 0 atom stereocenters. The van der Waals surface area contributed by atoms with E-state index in [0.29, 0.717) is 5.82 Å².